The van der Waals surface area contributed by atoms with Crippen LogP contribution in [0.3, 0.4) is 0 Å². The van der Waals surface area contributed by atoms with Gasteiger partial charge in [-0.25, -0.2) is 10.8 Å². The molecule has 1 aromatic heterocycles. The van der Waals surface area contributed by atoms with Crippen LogP contribution in [0.1, 0.15) is 12.5 Å². The lowest BCUT2D eigenvalue weighted by molar-refractivity contribution is -0.122. The van der Waals surface area contributed by atoms with E-state index in [-0.39, 0.29) is 5.91 Å². The summed E-state index contributed by atoms with van der Waals surface area (Å²) < 4.78 is 5.86. The van der Waals surface area contributed by atoms with Crippen molar-refractivity contribution in [3.8, 4) is 5.75 Å². The number of hydrogen-bond donors (Lipinski definition) is 3. The van der Waals surface area contributed by atoms with Gasteiger partial charge in [-0.15, -0.1) is 0 Å². The first-order valence-corrected chi connectivity index (χ1v) is 7.98. The topological polar surface area (TPSA) is 89.3 Å². The Morgan fingerprint density at radius 3 is 2.68 bits per heavy atom. The summed E-state index contributed by atoms with van der Waals surface area (Å²) >= 11 is 0. The van der Waals surface area contributed by atoms with Crippen molar-refractivity contribution in [3.63, 3.8) is 0 Å². The van der Waals surface area contributed by atoms with E-state index in [4.69, 9.17) is 10.6 Å². The summed E-state index contributed by atoms with van der Waals surface area (Å²) in [5.74, 6) is 6.26. The zero-order chi connectivity index (χ0) is 17.8. The number of anilines is 2. The van der Waals surface area contributed by atoms with Crippen LogP contribution in [0.5, 0.6) is 5.75 Å². The molecule has 2 aromatic carbocycles. The van der Waals surface area contributed by atoms with Gasteiger partial charge in [0.1, 0.15) is 17.1 Å². The minimum Gasteiger partial charge on any atom is -0.479 e. The van der Waals surface area contributed by atoms with Crippen molar-refractivity contribution in [2.75, 3.05) is 10.7 Å². The Morgan fingerprint density at radius 2 is 1.92 bits per heavy atom. The van der Waals surface area contributed by atoms with Gasteiger partial charge in [0.15, 0.2) is 6.10 Å². The molecule has 0 aliphatic carbocycles. The van der Waals surface area contributed by atoms with Gasteiger partial charge < -0.3 is 15.5 Å². The first kappa shape index (κ1) is 16.7. The number of rotatable bonds is 5. The molecule has 128 valence electrons. The Hall–Kier alpha value is -3.12. The molecule has 0 radical (unpaired) electrons. The molecular formula is C19H20N4O2. The molecule has 0 saturated carbocycles. The van der Waals surface area contributed by atoms with E-state index in [0.717, 1.165) is 16.6 Å². The lowest BCUT2D eigenvalue weighted by Crippen LogP contribution is -2.30. The van der Waals surface area contributed by atoms with E-state index >= 15 is 0 Å². The van der Waals surface area contributed by atoms with E-state index in [2.05, 4.69) is 15.7 Å². The lowest BCUT2D eigenvalue weighted by Gasteiger charge is -2.17. The molecule has 1 unspecified atom stereocenters. The minimum atomic E-state index is -0.679. The highest BCUT2D eigenvalue weighted by atomic mass is 16.5. The number of nitrogens with zero attached hydrogens (tertiary/aromatic N) is 1. The summed E-state index contributed by atoms with van der Waals surface area (Å²) in [6.45, 7) is 3.65. The number of carbonyl (C=O) groups is 1. The molecule has 25 heavy (non-hydrogen) atoms. The van der Waals surface area contributed by atoms with Crippen molar-refractivity contribution in [1.82, 2.24) is 4.98 Å². The maximum absolute atomic E-state index is 12.4. The van der Waals surface area contributed by atoms with Crippen molar-refractivity contribution >= 4 is 28.3 Å². The van der Waals surface area contributed by atoms with Crippen LogP contribution in [-0.2, 0) is 4.79 Å². The van der Waals surface area contributed by atoms with Crippen molar-refractivity contribution in [2.45, 2.75) is 20.0 Å². The second-order valence-corrected chi connectivity index (χ2v) is 5.73. The molecule has 6 heteroatoms. The van der Waals surface area contributed by atoms with Crippen LogP contribution in [0.4, 0.5) is 11.5 Å². The Labute approximate surface area is 146 Å². The molecule has 4 N–H and O–H groups in total. The molecule has 0 saturated heterocycles. The Balaban J connectivity index is 1.80. The van der Waals surface area contributed by atoms with Gasteiger partial charge in [-0.2, -0.15) is 0 Å². The van der Waals surface area contributed by atoms with Gasteiger partial charge in [0, 0.05) is 11.1 Å². The van der Waals surface area contributed by atoms with Gasteiger partial charge in [0.25, 0.3) is 5.91 Å². The molecule has 1 heterocycles. The molecule has 3 aromatic rings. The first-order chi connectivity index (χ1) is 12.1. The second-order valence-electron chi connectivity index (χ2n) is 5.73. The number of ether oxygens (including phenoxy) is 1. The van der Waals surface area contributed by atoms with E-state index in [9.17, 15) is 4.79 Å². The van der Waals surface area contributed by atoms with Gasteiger partial charge in [0.2, 0.25) is 0 Å². The molecule has 6 nitrogen and oxygen atoms in total. The zero-order valence-electron chi connectivity index (χ0n) is 14.1. The molecule has 1 atom stereocenters. The molecular weight excluding hydrogens is 316 g/mol. The van der Waals surface area contributed by atoms with E-state index in [1.165, 1.54) is 0 Å². The van der Waals surface area contributed by atoms with E-state index < -0.39 is 6.10 Å². The third-order valence-corrected chi connectivity index (χ3v) is 3.91. The van der Waals surface area contributed by atoms with Crippen molar-refractivity contribution in [2.24, 2.45) is 5.84 Å². The van der Waals surface area contributed by atoms with Crippen LogP contribution in [0.15, 0.2) is 54.6 Å². The van der Waals surface area contributed by atoms with Crippen molar-refractivity contribution in [3.05, 3.63) is 60.2 Å². The molecule has 0 aliphatic rings. The lowest BCUT2D eigenvalue weighted by atomic mass is 10.2. The Morgan fingerprint density at radius 1 is 1.12 bits per heavy atom. The number of hydrogen-bond acceptors (Lipinski definition) is 5. The summed E-state index contributed by atoms with van der Waals surface area (Å²) in [6.07, 6.45) is -0.679. The highest BCUT2D eigenvalue weighted by molar-refractivity contribution is 5.95. The largest absolute Gasteiger partial charge is 0.479 e. The van der Waals surface area contributed by atoms with E-state index in [0.29, 0.717) is 17.1 Å². The quantitative estimate of drug-likeness (QED) is 0.492. The van der Waals surface area contributed by atoms with E-state index in [1.807, 2.05) is 49.4 Å². The summed E-state index contributed by atoms with van der Waals surface area (Å²) in [4.78, 5) is 16.9. The molecule has 0 spiro atoms. The van der Waals surface area contributed by atoms with Gasteiger partial charge in [0.05, 0.1) is 0 Å². The standard InChI is InChI=1S/C19H20N4O2/c1-12-6-3-4-8-15(12)21-19(24)13(2)25-16-9-5-7-14-10-11-17(23-20)22-18(14)16/h3-11,13H,20H2,1-2H3,(H,21,24)(H,22,23). The zero-order valence-corrected chi connectivity index (χ0v) is 14.1. The Kier molecular flexibility index (Phi) is 4.81. The van der Waals surface area contributed by atoms with Gasteiger partial charge in [-0.3, -0.25) is 4.79 Å². The highest BCUT2D eigenvalue weighted by Crippen LogP contribution is 2.26. The summed E-state index contributed by atoms with van der Waals surface area (Å²) in [6, 6.07) is 16.8. The summed E-state index contributed by atoms with van der Waals surface area (Å²) in [5, 5.41) is 3.79. The third-order valence-electron chi connectivity index (χ3n) is 3.91. The van der Waals surface area contributed by atoms with Gasteiger partial charge in [-0.1, -0.05) is 30.3 Å². The third kappa shape index (κ3) is 3.70. The first-order valence-electron chi connectivity index (χ1n) is 7.98. The van der Waals surface area contributed by atoms with Crippen LogP contribution in [0.25, 0.3) is 10.9 Å². The average molecular weight is 336 g/mol. The number of nitrogens with two attached hydrogens (primary N) is 1. The fraction of sp³-hybridized carbons (Fsp3) is 0.158. The number of para-hydroxylation sites is 2. The fourth-order valence-electron chi connectivity index (χ4n) is 2.49. The number of amides is 1. The van der Waals surface area contributed by atoms with Crippen LogP contribution in [0, 0.1) is 6.92 Å². The number of nitrogens with one attached hydrogen (secondary N) is 2. The smallest absolute Gasteiger partial charge is 0.265 e. The Bertz CT molecular complexity index is 911. The summed E-state index contributed by atoms with van der Waals surface area (Å²) in [7, 11) is 0. The SMILES string of the molecule is Cc1ccccc1NC(=O)C(C)Oc1cccc2ccc(NN)nc12. The van der Waals surface area contributed by atoms with Crippen LogP contribution in [-0.4, -0.2) is 17.0 Å². The molecule has 3 rings (SSSR count). The van der Waals surface area contributed by atoms with Gasteiger partial charge in [-0.05, 0) is 43.7 Å². The van der Waals surface area contributed by atoms with Crippen molar-refractivity contribution in [1.29, 1.82) is 0 Å². The molecule has 1 amide bonds. The number of pyridine rings is 1. The molecule has 0 fully saturated rings. The number of fused-ring (bicyclic) bond motifs is 1. The second kappa shape index (κ2) is 7.19. The van der Waals surface area contributed by atoms with Crippen LogP contribution < -0.4 is 21.3 Å². The maximum Gasteiger partial charge on any atom is 0.265 e. The number of carbonyl (C=O) groups excluding carboxylic acids is 1. The number of benzene rings is 2. The fourth-order valence-corrected chi connectivity index (χ4v) is 2.49. The molecule has 0 bridgehead atoms. The number of nitrogen functional groups attached to an aromatic ring is 1. The molecule has 0 aliphatic heterocycles. The number of hydrazine groups is 1. The number of aryl methyl sites for hydroxylation is 1. The number of aromatic nitrogens is 1. The predicted molar refractivity (Wildman–Crippen MR) is 99.5 cm³/mol. The maximum atomic E-state index is 12.4. The monoisotopic (exact) mass is 336 g/mol. The van der Waals surface area contributed by atoms with Crippen molar-refractivity contribution < 1.29 is 9.53 Å². The highest BCUT2D eigenvalue weighted by Gasteiger charge is 2.17. The van der Waals surface area contributed by atoms with Gasteiger partial charge >= 0.3 is 0 Å². The van der Waals surface area contributed by atoms with Crippen LogP contribution in [0.2, 0.25) is 0 Å². The van der Waals surface area contributed by atoms with E-state index in [1.54, 1.807) is 19.1 Å². The predicted octanol–water partition coefficient (Wildman–Crippen LogP) is 3.23. The minimum absolute atomic E-state index is 0.223. The van der Waals surface area contributed by atoms with Crippen LogP contribution >= 0.6 is 0 Å². The summed E-state index contributed by atoms with van der Waals surface area (Å²) in [5.41, 5.74) is 4.93. The normalized spacial score (nSPS) is 11.8. The average Bonchev–Trinajstić information content (AvgIpc) is 2.63.